The predicted molar refractivity (Wildman–Crippen MR) is 113 cm³/mol. The Morgan fingerprint density at radius 1 is 1.03 bits per heavy atom. The van der Waals surface area contributed by atoms with Gasteiger partial charge >= 0.3 is 0 Å². The first kappa shape index (κ1) is 19.8. The van der Waals surface area contributed by atoms with Gasteiger partial charge in [-0.1, -0.05) is 36.4 Å². The summed E-state index contributed by atoms with van der Waals surface area (Å²) in [7, 11) is 0. The average Bonchev–Trinajstić information content (AvgIpc) is 2.94. The average molecular weight is 404 g/mol. The molecular formula is C24H21FN2O3. The summed E-state index contributed by atoms with van der Waals surface area (Å²) in [5.74, 6) is -1.65. The van der Waals surface area contributed by atoms with Gasteiger partial charge in [0.05, 0.1) is 5.69 Å². The fourth-order valence-electron chi connectivity index (χ4n) is 3.75. The van der Waals surface area contributed by atoms with Crippen molar-refractivity contribution >= 4 is 23.2 Å². The molecule has 4 rings (SSSR count). The summed E-state index contributed by atoms with van der Waals surface area (Å²) in [5, 5.41) is 14.1. The number of aliphatic hydroxyl groups is 1. The van der Waals surface area contributed by atoms with Gasteiger partial charge in [0.2, 0.25) is 5.91 Å². The Bertz CT molecular complexity index is 1160. The predicted octanol–water partition coefficient (Wildman–Crippen LogP) is 3.66. The molecule has 1 heterocycles. The number of anilines is 2. The number of nitrogens with zero attached hydrogens (tertiary/aromatic N) is 1. The van der Waals surface area contributed by atoms with Gasteiger partial charge in [0.25, 0.3) is 5.91 Å². The van der Waals surface area contributed by atoms with Crippen LogP contribution in [-0.4, -0.2) is 23.5 Å². The Kier molecular flexibility index (Phi) is 4.87. The number of rotatable bonds is 4. The molecule has 1 aliphatic rings. The van der Waals surface area contributed by atoms with Gasteiger partial charge in [-0.2, -0.15) is 0 Å². The number of para-hydroxylation sites is 1. The van der Waals surface area contributed by atoms with Crippen molar-refractivity contribution in [3.8, 4) is 0 Å². The molecule has 0 saturated carbocycles. The number of hydrogen-bond acceptors (Lipinski definition) is 3. The topological polar surface area (TPSA) is 69.6 Å². The molecule has 0 fully saturated rings. The van der Waals surface area contributed by atoms with Gasteiger partial charge in [0, 0.05) is 16.8 Å². The molecule has 6 heteroatoms. The molecule has 3 aromatic carbocycles. The maximum absolute atomic E-state index is 13.8. The van der Waals surface area contributed by atoms with Crippen LogP contribution in [-0.2, 0) is 15.2 Å². The van der Waals surface area contributed by atoms with Gasteiger partial charge < -0.3 is 10.4 Å². The second kappa shape index (κ2) is 7.39. The number of amides is 2. The van der Waals surface area contributed by atoms with Crippen molar-refractivity contribution in [1.29, 1.82) is 0 Å². The van der Waals surface area contributed by atoms with E-state index < -0.39 is 23.2 Å². The molecule has 0 spiro atoms. The first-order chi connectivity index (χ1) is 14.3. The van der Waals surface area contributed by atoms with E-state index in [4.69, 9.17) is 0 Å². The van der Waals surface area contributed by atoms with Gasteiger partial charge in [-0.25, -0.2) is 4.39 Å². The lowest BCUT2D eigenvalue weighted by Gasteiger charge is -2.23. The largest absolute Gasteiger partial charge is 0.372 e. The second-order valence-corrected chi connectivity index (χ2v) is 7.48. The minimum absolute atomic E-state index is 0.122. The van der Waals surface area contributed by atoms with E-state index in [1.54, 1.807) is 30.3 Å². The lowest BCUT2D eigenvalue weighted by atomic mass is 9.87. The molecule has 0 bridgehead atoms. The Balaban J connectivity index is 1.65. The molecule has 1 aliphatic heterocycles. The van der Waals surface area contributed by atoms with Crippen LogP contribution < -0.4 is 10.2 Å². The van der Waals surface area contributed by atoms with Crippen molar-refractivity contribution in [1.82, 2.24) is 0 Å². The number of fused-ring (bicyclic) bond motifs is 1. The normalized spacial score (nSPS) is 17.7. The number of nitrogens with one attached hydrogen (secondary N) is 1. The van der Waals surface area contributed by atoms with E-state index in [0.717, 1.165) is 17.2 Å². The third-order valence-corrected chi connectivity index (χ3v) is 5.47. The zero-order chi connectivity index (χ0) is 21.5. The van der Waals surface area contributed by atoms with Gasteiger partial charge in [-0.15, -0.1) is 0 Å². The summed E-state index contributed by atoms with van der Waals surface area (Å²) in [6, 6.07) is 17.5. The molecule has 5 nitrogen and oxygen atoms in total. The Morgan fingerprint density at radius 2 is 1.80 bits per heavy atom. The van der Waals surface area contributed by atoms with Crippen LogP contribution in [0, 0.1) is 19.7 Å². The third-order valence-electron chi connectivity index (χ3n) is 5.47. The summed E-state index contributed by atoms with van der Waals surface area (Å²) in [6.07, 6.45) is 0. The molecule has 2 amide bonds. The quantitative estimate of drug-likeness (QED) is 0.697. The van der Waals surface area contributed by atoms with Crippen molar-refractivity contribution in [3.05, 3.63) is 94.8 Å². The van der Waals surface area contributed by atoms with E-state index in [0.29, 0.717) is 16.9 Å². The van der Waals surface area contributed by atoms with Crippen LogP contribution >= 0.6 is 0 Å². The number of aryl methyl sites for hydroxylation is 2. The van der Waals surface area contributed by atoms with E-state index in [9.17, 15) is 19.1 Å². The fourth-order valence-corrected chi connectivity index (χ4v) is 3.75. The molecule has 2 N–H and O–H groups in total. The van der Waals surface area contributed by atoms with E-state index in [2.05, 4.69) is 5.32 Å². The van der Waals surface area contributed by atoms with Gasteiger partial charge in [0.1, 0.15) is 12.4 Å². The van der Waals surface area contributed by atoms with Crippen molar-refractivity contribution in [2.24, 2.45) is 0 Å². The van der Waals surface area contributed by atoms with Crippen LogP contribution in [0.5, 0.6) is 0 Å². The molecule has 152 valence electrons. The summed E-state index contributed by atoms with van der Waals surface area (Å²) >= 11 is 0. The number of benzene rings is 3. The lowest BCUT2D eigenvalue weighted by molar-refractivity contribution is -0.133. The molecule has 0 saturated heterocycles. The fraction of sp³-hybridized carbons (Fsp3) is 0.167. The number of carbonyl (C=O) groups excluding carboxylic acids is 2. The summed E-state index contributed by atoms with van der Waals surface area (Å²) < 4.78 is 13.8. The van der Waals surface area contributed by atoms with Gasteiger partial charge in [-0.3, -0.25) is 14.5 Å². The molecule has 1 atom stereocenters. The Morgan fingerprint density at radius 3 is 2.53 bits per heavy atom. The first-order valence-corrected chi connectivity index (χ1v) is 9.57. The maximum atomic E-state index is 13.8. The molecule has 1 unspecified atom stereocenters. The molecule has 0 radical (unpaired) electrons. The first-order valence-electron chi connectivity index (χ1n) is 9.57. The van der Waals surface area contributed by atoms with Crippen LogP contribution in [0.4, 0.5) is 15.8 Å². The molecule has 0 aromatic heterocycles. The standard InChI is InChI=1S/C24H21FN2O3/c1-15-10-11-19(12-16(15)2)26-22(28)14-27-21-9-4-3-8-20(21)24(30,23(27)29)17-6-5-7-18(25)13-17/h3-13,30H,14H2,1-2H3,(H,26,28). The van der Waals surface area contributed by atoms with Crippen molar-refractivity contribution in [2.75, 3.05) is 16.8 Å². The highest BCUT2D eigenvalue weighted by Gasteiger charge is 2.51. The summed E-state index contributed by atoms with van der Waals surface area (Å²) in [4.78, 5) is 27.2. The Hall–Kier alpha value is -3.51. The van der Waals surface area contributed by atoms with Crippen molar-refractivity contribution in [3.63, 3.8) is 0 Å². The molecule has 3 aromatic rings. The molecule has 30 heavy (non-hydrogen) atoms. The second-order valence-electron chi connectivity index (χ2n) is 7.48. The van der Waals surface area contributed by atoms with Crippen LogP contribution in [0.25, 0.3) is 0 Å². The summed E-state index contributed by atoms with van der Waals surface area (Å²) in [5.41, 5.74) is 1.58. The minimum Gasteiger partial charge on any atom is -0.372 e. The van der Waals surface area contributed by atoms with Crippen LogP contribution in [0.2, 0.25) is 0 Å². The van der Waals surface area contributed by atoms with Gasteiger partial charge in [-0.05, 0) is 55.3 Å². The van der Waals surface area contributed by atoms with Crippen molar-refractivity contribution in [2.45, 2.75) is 19.4 Å². The van der Waals surface area contributed by atoms with E-state index in [1.807, 2.05) is 26.0 Å². The SMILES string of the molecule is Cc1ccc(NC(=O)CN2C(=O)C(O)(c3cccc(F)c3)c3ccccc32)cc1C. The molecular weight excluding hydrogens is 383 g/mol. The molecule has 0 aliphatic carbocycles. The van der Waals surface area contributed by atoms with Crippen molar-refractivity contribution < 1.29 is 19.1 Å². The van der Waals surface area contributed by atoms with Gasteiger partial charge in [0.15, 0.2) is 5.60 Å². The maximum Gasteiger partial charge on any atom is 0.268 e. The van der Waals surface area contributed by atoms with E-state index in [1.165, 1.54) is 23.1 Å². The highest BCUT2D eigenvalue weighted by Crippen LogP contribution is 2.44. The van der Waals surface area contributed by atoms with Crippen LogP contribution in [0.15, 0.2) is 66.7 Å². The van der Waals surface area contributed by atoms with Crippen LogP contribution in [0.3, 0.4) is 0 Å². The zero-order valence-corrected chi connectivity index (χ0v) is 16.6. The summed E-state index contributed by atoms with van der Waals surface area (Å²) in [6.45, 7) is 3.65. The minimum atomic E-state index is -2.06. The Labute approximate surface area is 173 Å². The van der Waals surface area contributed by atoms with Crippen LogP contribution in [0.1, 0.15) is 22.3 Å². The smallest absolute Gasteiger partial charge is 0.268 e. The number of halogens is 1. The highest BCUT2D eigenvalue weighted by molar-refractivity contribution is 6.12. The number of hydrogen-bond donors (Lipinski definition) is 2. The monoisotopic (exact) mass is 404 g/mol. The highest BCUT2D eigenvalue weighted by atomic mass is 19.1. The zero-order valence-electron chi connectivity index (χ0n) is 16.6. The van der Waals surface area contributed by atoms with E-state index >= 15 is 0 Å². The number of carbonyl (C=O) groups is 2. The third kappa shape index (κ3) is 3.25. The van der Waals surface area contributed by atoms with E-state index in [-0.39, 0.29) is 12.1 Å². The lowest BCUT2D eigenvalue weighted by Crippen LogP contribution is -2.44.